The van der Waals surface area contributed by atoms with Gasteiger partial charge in [0, 0.05) is 0 Å². The van der Waals surface area contributed by atoms with Crippen molar-refractivity contribution < 1.29 is 9.13 Å². The minimum absolute atomic E-state index is 0.469. The van der Waals surface area contributed by atoms with Crippen molar-refractivity contribution in [1.29, 1.82) is 0 Å². The highest BCUT2D eigenvalue weighted by molar-refractivity contribution is 4.76. The van der Waals surface area contributed by atoms with E-state index in [0.29, 0.717) is 6.61 Å². The minimum Gasteiger partial charge on any atom is -0.471 e. The van der Waals surface area contributed by atoms with Gasteiger partial charge in [0.2, 0.25) is 0 Å². The number of halogens is 1. The van der Waals surface area contributed by atoms with E-state index in [1.54, 1.807) is 6.92 Å². The fourth-order valence-electron chi connectivity index (χ4n) is 0.397. The molecule has 0 aliphatic rings. The highest BCUT2D eigenvalue weighted by Crippen LogP contribution is 1.99. The van der Waals surface area contributed by atoms with Gasteiger partial charge in [-0.25, -0.2) is 0 Å². The Morgan fingerprint density at radius 1 is 1.67 bits per heavy atom. The second kappa shape index (κ2) is 5.60. The number of hydrogen-bond donors (Lipinski definition) is 0. The number of allylic oxidation sites excluding steroid dienone is 1. The minimum atomic E-state index is -0.469. The van der Waals surface area contributed by atoms with Crippen molar-refractivity contribution in [2.75, 3.05) is 6.61 Å². The molecule has 1 nitrogen and oxygen atoms in total. The van der Waals surface area contributed by atoms with Crippen molar-refractivity contribution >= 4 is 0 Å². The molecule has 0 amide bonds. The van der Waals surface area contributed by atoms with Crippen LogP contribution >= 0.6 is 0 Å². The lowest BCUT2D eigenvalue weighted by Crippen LogP contribution is -1.89. The highest BCUT2D eigenvalue weighted by atomic mass is 19.1. The van der Waals surface area contributed by atoms with Gasteiger partial charge >= 0.3 is 0 Å². The van der Waals surface area contributed by atoms with Crippen LogP contribution in [0.25, 0.3) is 0 Å². The van der Waals surface area contributed by atoms with Gasteiger partial charge in [-0.3, -0.25) is 0 Å². The van der Waals surface area contributed by atoms with E-state index in [1.165, 1.54) is 6.08 Å². The van der Waals surface area contributed by atoms with Crippen LogP contribution < -0.4 is 0 Å². The number of ether oxygens (including phenoxy) is 1. The van der Waals surface area contributed by atoms with Crippen LogP contribution in [0.4, 0.5) is 4.39 Å². The molecule has 0 aromatic heterocycles. The molecule has 0 unspecified atom stereocenters. The zero-order valence-electron chi connectivity index (χ0n) is 5.98. The molecule has 0 aliphatic carbocycles. The molecule has 0 aromatic carbocycles. The maximum Gasteiger partial charge on any atom is 0.268 e. The molecule has 0 aromatic rings. The molecule has 2 heteroatoms. The lowest BCUT2D eigenvalue weighted by atomic mass is 10.4. The monoisotopic (exact) mass is 132 g/mol. The Morgan fingerprint density at radius 2 is 2.33 bits per heavy atom. The van der Waals surface area contributed by atoms with Crippen molar-refractivity contribution in [1.82, 2.24) is 0 Å². The molecule has 0 saturated carbocycles. The van der Waals surface area contributed by atoms with Gasteiger partial charge in [-0.1, -0.05) is 13.3 Å². The molecule has 0 N–H and O–H groups in total. The first-order chi connectivity index (χ1) is 4.31. The maximum absolute atomic E-state index is 12.1. The highest BCUT2D eigenvalue weighted by Gasteiger charge is 1.89. The largest absolute Gasteiger partial charge is 0.471 e. The summed E-state index contributed by atoms with van der Waals surface area (Å²) in [4.78, 5) is 0. The third-order valence-corrected chi connectivity index (χ3v) is 0.965. The van der Waals surface area contributed by atoms with E-state index < -0.39 is 6.01 Å². The molecular weight excluding hydrogens is 119 g/mol. The zero-order valence-corrected chi connectivity index (χ0v) is 5.98. The predicted octanol–water partition coefficient (Wildman–Crippen LogP) is 2.63. The van der Waals surface area contributed by atoms with Gasteiger partial charge in [0.25, 0.3) is 6.01 Å². The topological polar surface area (TPSA) is 9.23 Å². The van der Waals surface area contributed by atoms with Crippen LogP contribution in [0.1, 0.15) is 26.7 Å². The summed E-state index contributed by atoms with van der Waals surface area (Å²) in [5, 5.41) is 0. The van der Waals surface area contributed by atoms with E-state index in [4.69, 9.17) is 0 Å². The lowest BCUT2D eigenvalue weighted by Gasteiger charge is -1.98. The van der Waals surface area contributed by atoms with Crippen LogP contribution in [0.3, 0.4) is 0 Å². The van der Waals surface area contributed by atoms with Gasteiger partial charge in [0.1, 0.15) is 0 Å². The maximum atomic E-state index is 12.1. The van der Waals surface area contributed by atoms with Crippen LogP contribution in [-0.4, -0.2) is 6.61 Å². The summed E-state index contributed by atoms with van der Waals surface area (Å²) in [6.45, 7) is 4.14. The summed E-state index contributed by atoms with van der Waals surface area (Å²) < 4.78 is 16.7. The molecule has 0 saturated heterocycles. The molecule has 0 atom stereocenters. The van der Waals surface area contributed by atoms with Crippen LogP contribution in [0.5, 0.6) is 0 Å². The Labute approximate surface area is 55.5 Å². The van der Waals surface area contributed by atoms with Crippen molar-refractivity contribution in [3.05, 3.63) is 12.1 Å². The third kappa shape index (κ3) is 5.34. The van der Waals surface area contributed by atoms with Crippen molar-refractivity contribution in [2.24, 2.45) is 0 Å². The van der Waals surface area contributed by atoms with Crippen LogP contribution in [0.2, 0.25) is 0 Å². The van der Waals surface area contributed by atoms with E-state index in [1.807, 2.05) is 6.92 Å². The fraction of sp³-hybridized carbons (Fsp3) is 0.714. The molecule has 0 aliphatic heterocycles. The van der Waals surface area contributed by atoms with Gasteiger partial charge < -0.3 is 4.74 Å². The van der Waals surface area contributed by atoms with E-state index in [-0.39, 0.29) is 0 Å². The molecule has 0 spiro atoms. The van der Waals surface area contributed by atoms with Gasteiger partial charge in [0.05, 0.1) is 6.61 Å². The van der Waals surface area contributed by atoms with E-state index in [9.17, 15) is 4.39 Å². The van der Waals surface area contributed by atoms with Crippen LogP contribution in [0.15, 0.2) is 12.1 Å². The summed E-state index contributed by atoms with van der Waals surface area (Å²) in [7, 11) is 0. The molecule has 0 fully saturated rings. The second-order valence-corrected chi connectivity index (χ2v) is 1.79. The first-order valence-corrected chi connectivity index (χ1v) is 3.25. The summed E-state index contributed by atoms with van der Waals surface area (Å²) in [5.74, 6) is 0. The summed E-state index contributed by atoms with van der Waals surface area (Å²) in [6.07, 6.45) is 3.27. The quantitative estimate of drug-likeness (QED) is 0.422. The lowest BCUT2D eigenvalue weighted by molar-refractivity contribution is 0.142. The first kappa shape index (κ1) is 8.47. The summed E-state index contributed by atoms with van der Waals surface area (Å²) in [5.41, 5.74) is 0. The fourth-order valence-corrected chi connectivity index (χ4v) is 0.397. The molecule has 9 heavy (non-hydrogen) atoms. The normalized spacial score (nSPS) is 11.7. The average Bonchev–Trinajstić information content (AvgIpc) is 1.89. The summed E-state index contributed by atoms with van der Waals surface area (Å²) >= 11 is 0. The first-order valence-electron chi connectivity index (χ1n) is 3.25. The van der Waals surface area contributed by atoms with E-state index in [2.05, 4.69) is 4.74 Å². The van der Waals surface area contributed by atoms with E-state index in [0.717, 1.165) is 12.8 Å². The Kier molecular flexibility index (Phi) is 5.27. The van der Waals surface area contributed by atoms with E-state index >= 15 is 0 Å². The predicted molar refractivity (Wildman–Crippen MR) is 35.7 cm³/mol. The molecule has 0 bridgehead atoms. The summed E-state index contributed by atoms with van der Waals surface area (Å²) in [6, 6.07) is -0.469. The smallest absolute Gasteiger partial charge is 0.268 e. The molecular formula is C7H13FO. The SMILES string of the molecule is CC=C(F)OCCCC. The van der Waals surface area contributed by atoms with Crippen molar-refractivity contribution in [2.45, 2.75) is 26.7 Å². The van der Waals surface area contributed by atoms with Crippen molar-refractivity contribution in [3.63, 3.8) is 0 Å². The molecule has 0 heterocycles. The number of hydrogen-bond acceptors (Lipinski definition) is 1. The van der Waals surface area contributed by atoms with Crippen LogP contribution in [-0.2, 0) is 4.74 Å². The number of rotatable bonds is 4. The van der Waals surface area contributed by atoms with Gasteiger partial charge in [-0.05, 0) is 19.4 Å². The third-order valence-electron chi connectivity index (χ3n) is 0.965. The van der Waals surface area contributed by atoms with Gasteiger partial charge in [-0.15, -0.1) is 0 Å². The Hall–Kier alpha value is -0.530. The van der Waals surface area contributed by atoms with Gasteiger partial charge in [0.15, 0.2) is 0 Å². The Morgan fingerprint density at radius 3 is 2.78 bits per heavy atom. The Bertz CT molecular complexity index is 88.9. The zero-order chi connectivity index (χ0) is 7.11. The van der Waals surface area contributed by atoms with Crippen molar-refractivity contribution in [3.8, 4) is 0 Å². The molecule has 0 radical (unpaired) electrons. The average molecular weight is 132 g/mol. The molecule has 54 valence electrons. The van der Waals surface area contributed by atoms with Crippen LogP contribution in [0, 0.1) is 0 Å². The Balaban J connectivity index is 3.07. The number of unbranched alkanes of at least 4 members (excludes halogenated alkanes) is 1. The van der Waals surface area contributed by atoms with Gasteiger partial charge in [-0.2, -0.15) is 4.39 Å². The standard InChI is InChI=1S/C7H13FO/c1-3-5-6-9-7(8)4-2/h4H,3,5-6H2,1-2H3. The second-order valence-electron chi connectivity index (χ2n) is 1.79. The molecule has 0 rings (SSSR count).